The third-order valence-corrected chi connectivity index (χ3v) is 22.4. The summed E-state index contributed by atoms with van der Waals surface area (Å²) >= 11 is 0. The van der Waals surface area contributed by atoms with Crippen LogP contribution in [-0.2, 0) is 13.1 Å². The lowest BCUT2D eigenvalue weighted by Gasteiger charge is -2.12. The third kappa shape index (κ3) is 20.4. The van der Waals surface area contributed by atoms with Crippen molar-refractivity contribution in [2.75, 3.05) is 89.7 Å². The Kier molecular flexibility index (Phi) is 27.2. The van der Waals surface area contributed by atoms with Crippen molar-refractivity contribution < 1.29 is 14.2 Å². The molecular formula is C97H104N32O3. The number of nitrogens with zero attached hydrogens (tertiary/aromatic N) is 20. The van der Waals surface area contributed by atoms with Crippen molar-refractivity contribution in [3.63, 3.8) is 0 Å². The minimum Gasteiger partial charge on any atom is -0.497 e. The molecule has 0 bridgehead atoms. The summed E-state index contributed by atoms with van der Waals surface area (Å²) in [6, 6.07) is 60.9. The van der Waals surface area contributed by atoms with E-state index in [2.05, 4.69) is 213 Å². The number of aryl methyl sites for hydroxylation is 10. The van der Waals surface area contributed by atoms with E-state index in [1.54, 1.807) is 21.3 Å². The molecule has 0 aliphatic heterocycles. The molecule has 0 fully saturated rings. The van der Waals surface area contributed by atoms with E-state index in [0.29, 0.717) is 102 Å². The van der Waals surface area contributed by atoms with Crippen molar-refractivity contribution in [2.45, 2.75) is 88.7 Å². The Bertz CT molecular complexity index is 7380. The Balaban J connectivity index is 0.000000126. The Hall–Kier alpha value is -17.0. The zero-order chi connectivity index (χ0) is 93.0. The monoisotopic (exact) mass is 1760 g/mol. The molecule has 132 heavy (non-hydrogen) atoms. The van der Waals surface area contributed by atoms with E-state index in [-0.39, 0.29) is 0 Å². The van der Waals surface area contributed by atoms with E-state index < -0.39 is 0 Å². The standard InChI is InChI=1S/C21H23N7.3C20H20N6O.C16H21N7/c1-13-6-17-18(7-14(13)2)28(21(23)27-17)20-9-19(25-12-26-20)24-11-16-5-3-4-15(8-16)10-22;1-12-8-16-17(9-13(12)2)26(20(21)25-16)19-10-18(22-11-23-19)24-14-4-6-15(27-3)7-5-14;1-12-7-16-17(8-13(12)2)26(20(21)25-16)19-10-18(22-11-23-19)24-14-5-4-6-15(9-14)27-3;1-12-8-15-16(9-13(12)2)26(20(21)25-15)19-10-18(22-11-23-19)24-14-6-4-5-7-17(14)27-3;1-10-6-12-13(7-11(10)2)23(16(18)22-12)15-8-14(20-9-21-15)19-5-3-4-17/h3-9,12H,10-11,22H2,1-2H3,(H2,23,27)(H,24,25,26);3*4-11H,1-3H3,(H2,21,25)(H,22,23,24);6-9H,3-5,17H2,1-2H3,(H2,18,22)(H,19,20,21). The molecule has 0 unspecified atom stereocenters. The number of nitrogens with one attached hydrogen (secondary N) is 5. The van der Waals surface area contributed by atoms with E-state index >= 15 is 0 Å². The number of nitrogen functional groups attached to an aromatic ring is 5. The first-order chi connectivity index (χ1) is 63.8. The highest BCUT2D eigenvalue weighted by Gasteiger charge is 2.21. The zero-order valence-corrected chi connectivity index (χ0v) is 75.5. The van der Waals surface area contributed by atoms with Gasteiger partial charge in [-0.15, -0.1) is 0 Å². The number of hydrogen-bond donors (Lipinski definition) is 12. The second kappa shape index (κ2) is 39.9. The second-order valence-electron chi connectivity index (χ2n) is 31.4. The first kappa shape index (κ1) is 89.9. The molecule has 0 aliphatic rings. The van der Waals surface area contributed by atoms with Gasteiger partial charge in [-0.1, -0.05) is 42.5 Å². The average Bonchev–Trinajstić information content (AvgIpc) is 1.65. The smallest absolute Gasteiger partial charge is 0.207 e. The summed E-state index contributed by atoms with van der Waals surface area (Å²) in [6.45, 7) is 23.2. The molecular weight excluding hydrogens is 1660 g/mol. The fourth-order valence-electron chi connectivity index (χ4n) is 14.6. The molecule has 0 amide bonds. The lowest BCUT2D eigenvalue weighted by atomic mass is 10.1. The Labute approximate surface area is 761 Å². The number of ether oxygens (including phenoxy) is 3. The quantitative estimate of drug-likeness (QED) is 0.0280. The summed E-state index contributed by atoms with van der Waals surface area (Å²) in [5.74, 6) is 11.0. The molecule has 10 heterocycles. The van der Waals surface area contributed by atoms with Gasteiger partial charge in [-0.05, 0) is 258 Å². The number of methoxy groups -OCH3 is 3. The van der Waals surface area contributed by atoms with E-state index in [4.69, 9.17) is 54.3 Å². The van der Waals surface area contributed by atoms with Crippen molar-refractivity contribution in [1.29, 1.82) is 0 Å². The van der Waals surface area contributed by atoms with Crippen LogP contribution in [0.15, 0.2) is 220 Å². The summed E-state index contributed by atoms with van der Waals surface area (Å²) in [6.07, 6.45) is 8.44. The van der Waals surface area contributed by atoms with Crippen LogP contribution in [0.3, 0.4) is 0 Å². The van der Waals surface area contributed by atoms with Gasteiger partial charge in [-0.2, -0.15) is 0 Å². The van der Waals surface area contributed by atoms with E-state index in [1.807, 2.05) is 168 Å². The Morgan fingerprint density at radius 1 is 0.295 bits per heavy atom. The van der Waals surface area contributed by atoms with Crippen LogP contribution in [0.4, 0.5) is 75.9 Å². The zero-order valence-electron chi connectivity index (χ0n) is 75.5. The molecule has 35 heteroatoms. The fourth-order valence-corrected chi connectivity index (χ4v) is 14.6. The minimum atomic E-state index is 0.386. The van der Waals surface area contributed by atoms with Gasteiger partial charge >= 0.3 is 0 Å². The summed E-state index contributed by atoms with van der Waals surface area (Å²) in [4.78, 5) is 65.7. The third-order valence-electron chi connectivity index (χ3n) is 22.4. The number of anilines is 13. The van der Waals surface area contributed by atoms with Crippen LogP contribution >= 0.6 is 0 Å². The molecule has 9 aromatic carbocycles. The summed E-state index contributed by atoms with van der Waals surface area (Å²) in [5, 5.41) is 16.4. The van der Waals surface area contributed by atoms with Gasteiger partial charge in [0.15, 0.2) is 0 Å². The SMILES string of the molecule is COc1ccc(Nc2cc(-n3c(N)nc4cc(C)c(C)cc43)ncn2)cc1.COc1cccc(Nc2cc(-n3c(N)nc4cc(C)c(C)cc43)ncn2)c1.COc1ccccc1Nc1cc(-n2c(N)nc3cc(C)c(C)cc32)ncn1.Cc1cc2nc(N)n(-c3cc(NCCCN)ncn3)c2cc1C.Cc1cc2nc(N)n(-c3cc(NCc4cccc(CN)c4)ncn3)c2cc1C. The highest BCUT2D eigenvalue weighted by Crippen LogP contribution is 2.35. The maximum Gasteiger partial charge on any atom is 0.207 e. The molecule has 35 nitrogen and oxygen atoms in total. The fraction of sp³-hybridized carbons (Fsp3) is 0.186. The maximum atomic E-state index is 6.19. The van der Waals surface area contributed by atoms with Gasteiger partial charge in [0, 0.05) is 67.4 Å². The van der Waals surface area contributed by atoms with Crippen LogP contribution in [0.25, 0.3) is 84.3 Å². The molecule has 10 aromatic heterocycles. The molecule has 0 spiro atoms. The van der Waals surface area contributed by atoms with Crippen molar-refractivity contribution >= 4 is 131 Å². The van der Waals surface area contributed by atoms with Crippen molar-refractivity contribution in [2.24, 2.45) is 11.5 Å². The number of imidazole rings is 5. The number of fused-ring (bicyclic) bond motifs is 5. The average molecular weight is 1770 g/mol. The minimum absolute atomic E-state index is 0.386. The largest absolute Gasteiger partial charge is 0.497 e. The number of hydrogen-bond acceptors (Lipinski definition) is 30. The van der Waals surface area contributed by atoms with Crippen LogP contribution in [-0.4, -0.2) is 132 Å². The highest BCUT2D eigenvalue weighted by atomic mass is 16.5. The lowest BCUT2D eigenvalue weighted by molar-refractivity contribution is 0.415. The molecule has 670 valence electrons. The number of rotatable bonds is 22. The van der Waals surface area contributed by atoms with E-state index in [0.717, 1.165) is 119 Å². The van der Waals surface area contributed by atoms with Gasteiger partial charge in [0.1, 0.15) is 107 Å². The van der Waals surface area contributed by atoms with Gasteiger partial charge < -0.3 is 80.9 Å². The van der Waals surface area contributed by atoms with Crippen LogP contribution in [0, 0.1) is 69.2 Å². The first-order valence-corrected chi connectivity index (χ1v) is 42.4. The Morgan fingerprint density at radius 3 is 1.02 bits per heavy atom. The van der Waals surface area contributed by atoms with Gasteiger partial charge in [0.2, 0.25) is 29.7 Å². The van der Waals surface area contributed by atoms with Gasteiger partial charge in [0.05, 0.1) is 82.2 Å². The van der Waals surface area contributed by atoms with Crippen LogP contribution in [0.1, 0.15) is 73.2 Å². The van der Waals surface area contributed by atoms with Crippen LogP contribution in [0.5, 0.6) is 17.2 Å². The van der Waals surface area contributed by atoms with Gasteiger partial charge in [-0.25, -0.2) is 74.8 Å². The summed E-state index contributed by atoms with van der Waals surface area (Å²) in [5.41, 5.74) is 67.6. The number of aromatic nitrogens is 20. The summed E-state index contributed by atoms with van der Waals surface area (Å²) < 4.78 is 25.0. The molecule has 19 N–H and O–H groups in total. The molecule has 0 aliphatic carbocycles. The number of benzene rings is 9. The molecule has 0 saturated heterocycles. The van der Waals surface area contributed by atoms with E-state index in [9.17, 15) is 0 Å². The maximum absolute atomic E-state index is 6.19. The van der Waals surface area contributed by atoms with Crippen LogP contribution in [0.2, 0.25) is 0 Å². The predicted octanol–water partition coefficient (Wildman–Crippen LogP) is 16.2. The topological polar surface area (TPSA) is 488 Å². The first-order valence-electron chi connectivity index (χ1n) is 42.4. The van der Waals surface area contributed by atoms with Crippen molar-refractivity contribution in [1.82, 2.24) is 97.6 Å². The van der Waals surface area contributed by atoms with Crippen molar-refractivity contribution in [3.05, 3.63) is 286 Å². The summed E-state index contributed by atoms with van der Waals surface area (Å²) in [7, 11) is 4.91. The number of para-hydroxylation sites is 2. The highest BCUT2D eigenvalue weighted by molar-refractivity contribution is 5.87. The molecule has 0 radical (unpaired) electrons. The Morgan fingerprint density at radius 2 is 0.636 bits per heavy atom. The second-order valence-corrected chi connectivity index (χ2v) is 31.4. The predicted molar refractivity (Wildman–Crippen MR) is 525 cm³/mol. The molecule has 0 atom stereocenters. The van der Waals surface area contributed by atoms with Crippen molar-refractivity contribution in [3.8, 4) is 46.3 Å². The lowest BCUT2D eigenvalue weighted by Crippen LogP contribution is -2.10. The molecule has 19 rings (SSSR count). The van der Waals surface area contributed by atoms with Crippen LogP contribution < -0.4 is 80.9 Å². The van der Waals surface area contributed by atoms with Gasteiger partial charge in [-0.3, -0.25) is 22.8 Å². The van der Waals surface area contributed by atoms with Gasteiger partial charge in [0.25, 0.3) is 0 Å². The number of nitrogens with two attached hydrogens (primary N) is 7. The van der Waals surface area contributed by atoms with E-state index in [1.165, 1.54) is 87.3 Å². The normalized spacial score (nSPS) is 11.0. The molecule has 0 saturated carbocycles. The molecule has 19 aromatic rings.